The molecule has 0 atom stereocenters. The number of rotatable bonds is 6. The molecule has 4 heteroatoms. The van der Waals surface area contributed by atoms with Crippen LogP contribution in [0.25, 0.3) is 111 Å². The zero-order chi connectivity index (χ0) is 39.6. The van der Waals surface area contributed by atoms with Gasteiger partial charge in [-0.15, -0.1) is 0 Å². The van der Waals surface area contributed by atoms with Crippen LogP contribution in [-0.2, 0) is 0 Å². The molecule has 60 heavy (non-hydrogen) atoms. The Morgan fingerprint density at radius 2 is 0.900 bits per heavy atom. The number of fused-ring (bicyclic) bond motifs is 8. The summed E-state index contributed by atoms with van der Waals surface area (Å²) in [7, 11) is 0. The van der Waals surface area contributed by atoms with Gasteiger partial charge in [-0.25, -0.2) is 9.97 Å². The van der Waals surface area contributed by atoms with E-state index in [2.05, 4.69) is 209 Å². The summed E-state index contributed by atoms with van der Waals surface area (Å²) >= 11 is 0. The highest BCUT2D eigenvalue weighted by atomic mass is 15.0. The van der Waals surface area contributed by atoms with E-state index in [0.29, 0.717) is 5.82 Å². The molecule has 0 fully saturated rings. The SMILES string of the molecule is c1ccc(-c2cccc(-c3cc(-c4ccc5c(-n6c7ccccc7c7c6ccc6c8ccccc8n(-c8ccccc8)c67)cccc5c4)nc(-c4ccccc4)n3)c2)cc1. The maximum Gasteiger partial charge on any atom is 0.160 e. The van der Waals surface area contributed by atoms with Gasteiger partial charge < -0.3 is 9.13 Å². The molecule has 0 radical (unpaired) electrons. The molecule has 0 aliphatic carbocycles. The molecule has 12 rings (SSSR count). The molecule has 280 valence electrons. The molecule has 0 aliphatic heterocycles. The van der Waals surface area contributed by atoms with E-state index in [-0.39, 0.29) is 0 Å². The van der Waals surface area contributed by atoms with Gasteiger partial charge in [-0.05, 0) is 71.1 Å². The van der Waals surface area contributed by atoms with E-state index < -0.39 is 0 Å². The Morgan fingerprint density at radius 3 is 1.67 bits per heavy atom. The maximum absolute atomic E-state index is 5.20. The fraction of sp³-hybridized carbons (Fsp3) is 0. The average Bonchev–Trinajstić information content (AvgIpc) is 3.85. The second kappa shape index (κ2) is 13.8. The number of hydrogen-bond donors (Lipinski definition) is 0. The van der Waals surface area contributed by atoms with Gasteiger partial charge in [0.2, 0.25) is 0 Å². The first-order chi connectivity index (χ1) is 29.8. The van der Waals surface area contributed by atoms with Crippen molar-refractivity contribution in [3.05, 3.63) is 218 Å². The molecule has 0 saturated carbocycles. The van der Waals surface area contributed by atoms with Crippen molar-refractivity contribution in [1.29, 1.82) is 0 Å². The molecule has 3 aromatic heterocycles. The number of benzene rings is 9. The zero-order valence-corrected chi connectivity index (χ0v) is 32.6. The second-order valence-corrected chi connectivity index (χ2v) is 15.4. The van der Waals surface area contributed by atoms with Crippen LogP contribution in [0.1, 0.15) is 0 Å². The molecule has 0 bridgehead atoms. The molecule has 0 saturated heterocycles. The molecule has 0 spiro atoms. The number of hydrogen-bond acceptors (Lipinski definition) is 2. The van der Waals surface area contributed by atoms with Crippen LogP contribution in [-0.4, -0.2) is 19.1 Å². The van der Waals surface area contributed by atoms with E-state index in [0.717, 1.165) is 50.4 Å². The van der Waals surface area contributed by atoms with Crippen LogP contribution < -0.4 is 0 Å². The third-order valence-corrected chi connectivity index (χ3v) is 11.9. The molecule has 0 amide bonds. The summed E-state index contributed by atoms with van der Waals surface area (Å²) in [6, 6.07) is 77.9. The van der Waals surface area contributed by atoms with Crippen LogP contribution in [0.5, 0.6) is 0 Å². The van der Waals surface area contributed by atoms with Gasteiger partial charge in [0.25, 0.3) is 0 Å². The normalized spacial score (nSPS) is 11.7. The van der Waals surface area contributed by atoms with Gasteiger partial charge in [-0.3, -0.25) is 0 Å². The highest BCUT2D eigenvalue weighted by Crippen LogP contribution is 2.43. The molecule has 0 N–H and O–H groups in total. The first-order valence-corrected chi connectivity index (χ1v) is 20.4. The van der Waals surface area contributed by atoms with E-state index in [1.807, 2.05) is 18.2 Å². The highest BCUT2D eigenvalue weighted by molar-refractivity contribution is 6.26. The number of para-hydroxylation sites is 3. The topological polar surface area (TPSA) is 35.6 Å². The Bertz CT molecular complexity index is 3580. The smallest absolute Gasteiger partial charge is 0.160 e. The maximum atomic E-state index is 5.20. The summed E-state index contributed by atoms with van der Waals surface area (Å²) < 4.78 is 4.89. The summed E-state index contributed by atoms with van der Waals surface area (Å²) in [6.45, 7) is 0. The van der Waals surface area contributed by atoms with Crippen molar-refractivity contribution in [3.63, 3.8) is 0 Å². The largest absolute Gasteiger partial charge is 0.309 e. The first kappa shape index (κ1) is 34.0. The minimum atomic E-state index is 0.701. The third kappa shape index (κ3) is 5.46. The van der Waals surface area contributed by atoms with Gasteiger partial charge in [-0.2, -0.15) is 0 Å². The Balaban J connectivity index is 1.05. The van der Waals surface area contributed by atoms with E-state index in [9.17, 15) is 0 Å². The summed E-state index contributed by atoms with van der Waals surface area (Å²) in [6.07, 6.45) is 0. The molecule has 3 heterocycles. The highest BCUT2D eigenvalue weighted by Gasteiger charge is 2.21. The number of nitrogens with zero attached hydrogens (tertiary/aromatic N) is 4. The summed E-state index contributed by atoms with van der Waals surface area (Å²) in [4.78, 5) is 10.3. The van der Waals surface area contributed by atoms with Crippen molar-refractivity contribution in [3.8, 4) is 56.4 Å². The lowest BCUT2D eigenvalue weighted by atomic mass is 9.99. The molecule has 4 nitrogen and oxygen atoms in total. The van der Waals surface area contributed by atoms with Crippen LogP contribution in [0.2, 0.25) is 0 Å². The van der Waals surface area contributed by atoms with E-state index in [4.69, 9.17) is 9.97 Å². The average molecular weight is 765 g/mol. The molecular weight excluding hydrogens is 729 g/mol. The molecular formula is C56H36N4. The summed E-state index contributed by atoms with van der Waals surface area (Å²) in [5.41, 5.74) is 14.2. The summed E-state index contributed by atoms with van der Waals surface area (Å²) in [5, 5.41) is 7.28. The van der Waals surface area contributed by atoms with Gasteiger partial charge >= 0.3 is 0 Å². The second-order valence-electron chi connectivity index (χ2n) is 15.4. The lowest BCUT2D eigenvalue weighted by Crippen LogP contribution is -1.97. The van der Waals surface area contributed by atoms with Crippen molar-refractivity contribution >= 4 is 54.4 Å². The molecule has 9 aromatic carbocycles. The van der Waals surface area contributed by atoms with Crippen molar-refractivity contribution in [2.75, 3.05) is 0 Å². The van der Waals surface area contributed by atoms with Crippen LogP contribution in [0.3, 0.4) is 0 Å². The van der Waals surface area contributed by atoms with Crippen LogP contribution in [0.4, 0.5) is 0 Å². The monoisotopic (exact) mass is 764 g/mol. The van der Waals surface area contributed by atoms with E-state index >= 15 is 0 Å². The Kier molecular flexibility index (Phi) is 7.82. The lowest BCUT2D eigenvalue weighted by Gasteiger charge is -2.14. The predicted molar refractivity (Wildman–Crippen MR) is 250 cm³/mol. The van der Waals surface area contributed by atoms with Gasteiger partial charge in [0.15, 0.2) is 5.82 Å². The molecule has 0 unspecified atom stereocenters. The quantitative estimate of drug-likeness (QED) is 0.169. The number of aromatic nitrogens is 4. The third-order valence-electron chi connectivity index (χ3n) is 11.9. The van der Waals surface area contributed by atoms with Crippen molar-refractivity contribution in [1.82, 2.24) is 19.1 Å². The van der Waals surface area contributed by atoms with Gasteiger partial charge in [0, 0.05) is 49.3 Å². The van der Waals surface area contributed by atoms with Crippen molar-refractivity contribution in [2.24, 2.45) is 0 Å². The Morgan fingerprint density at radius 1 is 0.317 bits per heavy atom. The minimum absolute atomic E-state index is 0.701. The van der Waals surface area contributed by atoms with Crippen molar-refractivity contribution in [2.45, 2.75) is 0 Å². The van der Waals surface area contributed by atoms with Crippen molar-refractivity contribution < 1.29 is 0 Å². The lowest BCUT2D eigenvalue weighted by molar-refractivity contribution is 1.18. The fourth-order valence-electron chi connectivity index (χ4n) is 9.18. The Hall–Kier alpha value is -8.08. The molecule has 12 aromatic rings. The predicted octanol–water partition coefficient (Wildman–Crippen LogP) is 14.5. The van der Waals surface area contributed by atoms with Gasteiger partial charge in [0.1, 0.15) is 0 Å². The fourth-order valence-corrected chi connectivity index (χ4v) is 9.18. The van der Waals surface area contributed by atoms with Crippen LogP contribution in [0, 0.1) is 0 Å². The van der Waals surface area contributed by atoms with E-state index in [1.54, 1.807) is 0 Å². The van der Waals surface area contributed by atoms with Gasteiger partial charge in [-0.1, -0.05) is 164 Å². The zero-order valence-electron chi connectivity index (χ0n) is 32.6. The summed E-state index contributed by atoms with van der Waals surface area (Å²) in [5.74, 6) is 0.701. The first-order valence-electron chi connectivity index (χ1n) is 20.4. The standard InChI is InChI=1S/C56H36N4/c1-4-16-37(17-5-1)39-20-14-22-41(34-39)48-36-49(58-56(57-48)38-18-6-2-7-19-38)42-30-31-44-40(35-42)21-15-29-50(44)60-52-28-13-11-26-47(52)54-53(60)33-32-46-45-25-10-12-27-51(45)59(55(46)54)43-23-8-3-9-24-43/h1-36H. The minimum Gasteiger partial charge on any atom is -0.309 e. The van der Waals surface area contributed by atoms with E-state index in [1.165, 1.54) is 54.6 Å². The van der Waals surface area contributed by atoms with Gasteiger partial charge in [0.05, 0.1) is 39.1 Å². The molecule has 0 aliphatic rings. The Labute approximate surface area is 346 Å². The van der Waals surface area contributed by atoms with Crippen LogP contribution >= 0.6 is 0 Å². The van der Waals surface area contributed by atoms with Crippen LogP contribution in [0.15, 0.2) is 218 Å².